The van der Waals surface area contributed by atoms with Crippen molar-refractivity contribution in [1.82, 2.24) is 4.90 Å². The van der Waals surface area contributed by atoms with E-state index in [1.807, 2.05) is 86.0 Å². The molecule has 5 rings (SSSR count). The van der Waals surface area contributed by atoms with Crippen LogP contribution in [0.2, 0.25) is 5.02 Å². The summed E-state index contributed by atoms with van der Waals surface area (Å²) < 4.78 is 17.7. The maximum atomic E-state index is 13.9. The molecule has 0 aromatic heterocycles. The average Bonchev–Trinajstić information content (AvgIpc) is 3.03. The van der Waals surface area contributed by atoms with Gasteiger partial charge in [-0.1, -0.05) is 44.5 Å². The van der Waals surface area contributed by atoms with E-state index in [4.69, 9.17) is 25.8 Å². The van der Waals surface area contributed by atoms with Gasteiger partial charge in [-0.3, -0.25) is 4.79 Å². The number of methoxy groups -OCH3 is 1. The van der Waals surface area contributed by atoms with Gasteiger partial charge in [0.1, 0.15) is 5.60 Å². The number of carbonyl (C=O) groups is 2. The lowest BCUT2D eigenvalue weighted by molar-refractivity contribution is -0.118. The van der Waals surface area contributed by atoms with Crippen LogP contribution in [0.15, 0.2) is 60.7 Å². The van der Waals surface area contributed by atoms with Crippen LogP contribution in [0.1, 0.15) is 90.5 Å². The molecule has 270 valence electrons. The van der Waals surface area contributed by atoms with Crippen molar-refractivity contribution < 1.29 is 23.8 Å². The molecule has 1 fully saturated rings. The van der Waals surface area contributed by atoms with Gasteiger partial charge < -0.3 is 28.9 Å². The molecule has 2 heterocycles. The summed E-state index contributed by atoms with van der Waals surface area (Å²) in [6.45, 7) is 16.7. The Morgan fingerprint density at radius 3 is 2.18 bits per heavy atom. The Bertz CT molecular complexity index is 1640. The minimum absolute atomic E-state index is 0.00483. The molecule has 0 saturated carbocycles. The summed E-state index contributed by atoms with van der Waals surface area (Å²) >= 11 is 6.29. The topological polar surface area (TPSA) is 71.6 Å². The normalized spacial score (nSPS) is 17.1. The van der Waals surface area contributed by atoms with Crippen LogP contribution in [0.4, 0.5) is 16.2 Å². The molecule has 1 saturated heterocycles. The van der Waals surface area contributed by atoms with Crippen molar-refractivity contribution in [3.8, 4) is 11.5 Å². The van der Waals surface area contributed by atoms with E-state index >= 15 is 0 Å². The largest absolute Gasteiger partial charge is 0.493 e. The molecule has 0 spiro atoms. The molecular weight excluding hydrogens is 650 g/mol. The van der Waals surface area contributed by atoms with Crippen LogP contribution in [0.3, 0.4) is 0 Å². The van der Waals surface area contributed by atoms with Gasteiger partial charge in [0, 0.05) is 43.1 Å². The predicted molar refractivity (Wildman–Crippen MR) is 202 cm³/mol. The second-order valence-electron chi connectivity index (χ2n) is 16.0. The Hall–Kier alpha value is -3.91. The van der Waals surface area contributed by atoms with Crippen LogP contribution in [0.5, 0.6) is 11.5 Å². The SMILES string of the molecule is COc1cc2c(cc1OC(C)C)[C@H](c1ccc(Cl)cc1)N(c1ccc(N(C)CC3CCN(C(=O)OC(C)(C)CC(C)(C)C)CC3)cc1)C(=O)C2. The first-order valence-corrected chi connectivity index (χ1v) is 18.2. The molecule has 9 heteroatoms. The molecule has 8 nitrogen and oxygen atoms in total. The van der Waals surface area contributed by atoms with Gasteiger partial charge in [-0.15, -0.1) is 0 Å². The molecule has 50 heavy (non-hydrogen) atoms. The maximum Gasteiger partial charge on any atom is 0.410 e. The third-order valence-electron chi connectivity index (χ3n) is 9.43. The van der Waals surface area contributed by atoms with Crippen molar-refractivity contribution in [3.05, 3.63) is 82.4 Å². The van der Waals surface area contributed by atoms with Crippen LogP contribution in [0, 0.1) is 11.3 Å². The fourth-order valence-electron chi connectivity index (χ4n) is 7.60. The molecule has 0 N–H and O–H groups in total. The molecule has 0 unspecified atom stereocenters. The minimum Gasteiger partial charge on any atom is -0.493 e. The quantitative estimate of drug-likeness (QED) is 0.210. The lowest BCUT2D eigenvalue weighted by Crippen LogP contribution is -2.44. The Labute approximate surface area is 303 Å². The molecule has 2 amide bonds. The highest BCUT2D eigenvalue weighted by Crippen LogP contribution is 2.44. The smallest absolute Gasteiger partial charge is 0.410 e. The molecule has 2 aliphatic rings. The number of amides is 2. The van der Waals surface area contributed by atoms with Crippen LogP contribution >= 0.6 is 11.6 Å². The monoisotopic (exact) mass is 703 g/mol. The number of rotatable bonds is 10. The summed E-state index contributed by atoms with van der Waals surface area (Å²) in [7, 11) is 3.73. The lowest BCUT2D eigenvalue weighted by Gasteiger charge is -2.38. The average molecular weight is 704 g/mol. The van der Waals surface area contributed by atoms with Crippen molar-refractivity contribution in [1.29, 1.82) is 0 Å². The molecule has 3 aromatic carbocycles. The number of hydrogen-bond acceptors (Lipinski definition) is 6. The standard InChI is InChI=1S/C41H54ClN3O5/c1-27(2)49-36-24-34-30(22-35(36)48-9)23-37(46)45(38(34)29-10-12-31(42)13-11-29)33-16-14-32(15-17-33)43(8)25-28-18-20-44(21-19-28)39(47)50-41(6,7)26-40(3,4)5/h10-17,22,24,27-28,38H,18-21,23,25-26H2,1-9H3/t38-/m0/s1. The molecule has 0 radical (unpaired) electrons. The highest BCUT2D eigenvalue weighted by molar-refractivity contribution is 6.30. The number of likely N-dealkylation sites (tertiary alicyclic amines) is 1. The second kappa shape index (κ2) is 15.1. The van der Waals surface area contributed by atoms with E-state index in [0.29, 0.717) is 35.5 Å². The lowest BCUT2D eigenvalue weighted by atomic mass is 9.84. The number of piperidine rings is 1. The first kappa shape index (κ1) is 37.3. The fraction of sp³-hybridized carbons (Fsp3) is 0.512. The second-order valence-corrected chi connectivity index (χ2v) is 16.4. The van der Waals surface area contributed by atoms with E-state index in [1.165, 1.54) is 0 Å². The summed E-state index contributed by atoms with van der Waals surface area (Å²) in [6, 6.07) is 19.5. The van der Waals surface area contributed by atoms with Crippen molar-refractivity contribution >= 4 is 35.0 Å². The van der Waals surface area contributed by atoms with E-state index < -0.39 is 5.60 Å². The zero-order chi connectivity index (χ0) is 36.4. The summed E-state index contributed by atoms with van der Waals surface area (Å²) in [5.74, 6) is 1.73. The third kappa shape index (κ3) is 9.05. The fourth-order valence-corrected chi connectivity index (χ4v) is 7.73. The van der Waals surface area contributed by atoms with Gasteiger partial charge in [-0.2, -0.15) is 0 Å². The molecule has 3 aromatic rings. The zero-order valence-electron chi connectivity index (χ0n) is 31.2. The van der Waals surface area contributed by atoms with E-state index in [0.717, 1.165) is 53.9 Å². The number of halogens is 1. The first-order chi connectivity index (χ1) is 23.5. The molecular formula is C41H54ClN3O5. The molecule has 0 bridgehead atoms. The van der Waals surface area contributed by atoms with Gasteiger partial charge in [-0.25, -0.2) is 4.79 Å². The zero-order valence-corrected chi connectivity index (χ0v) is 32.0. The maximum absolute atomic E-state index is 13.9. The van der Waals surface area contributed by atoms with Gasteiger partial charge in [0.05, 0.1) is 25.7 Å². The van der Waals surface area contributed by atoms with Gasteiger partial charge in [0.25, 0.3) is 0 Å². The Morgan fingerprint density at radius 1 is 0.960 bits per heavy atom. The number of hydrogen-bond donors (Lipinski definition) is 0. The van der Waals surface area contributed by atoms with Crippen LogP contribution in [0.25, 0.3) is 0 Å². The Morgan fingerprint density at radius 2 is 1.60 bits per heavy atom. The van der Waals surface area contributed by atoms with E-state index in [-0.39, 0.29) is 36.0 Å². The highest BCUT2D eigenvalue weighted by Gasteiger charge is 2.37. The van der Waals surface area contributed by atoms with Crippen LogP contribution in [-0.4, -0.2) is 62.4 Å². The van der Waals surface area contributed by atoms with E-state index in [2.05, 4.69) is 44.9 Å². The molecule has 0 aliphatic carbocycles. The molecule has 1 atom stereocenters. The number of benzene rings is 3. The summed E-state index contributed by atoms with van der Waals surface area (Å²) in [5.41, 5.74) is 4.34. The third-order valence-corrected chi connectivity index (χ3v) is 9.68. The summed E-state index contributed by atoms with van der Waals surface area (Å²) in [4.78, 5) is 32.9. The number of fused-ring (bicyclic) bond motifs is 1. The van der Waals surface area contributed by atoms with Gasteiger partial charge >= 0.3 is 6.09 Å². The van der Waals surface area contributed by atoms with Gasteiger partial charge in [-0.05, 0) is 124 Å². The van der Waals surface area contributed by atoms with Crippen molar-refractivity contribution in [3.63, 3.8) is 0 Å². The van der Waals surface area contributed by atoms with Crippen molar-refractivity contribution in [2.75, 3.05) is 43.6 Å². The molecule has 2 aliphatic heterocycles. The number of nitrogens with zero attached hydrogens (tertiary/aromatic N) is 3. The van der Waals surface area contributed by atoms with Crippen LogP contribution in [-0.2, 0) is 16.0 Å². The Kier molecular flexibility index (Phi) is 11.3. The summed E-state index contributed by atoms with van der Waals surface area (Å²) in [5, 5.41) is 0.638. The van der Waals surface area contributed by atoms with Crippen molar-refractivity contribution in [2.45, 2.75) is 91.9 Å². The number of ether oxygens (including phenoxy) is 3. The summed E-state index contributed by atoms with van der Waals surface area (Å²) in [6.07, 6.45) is 2.65. The van der Waals surface area contributed by atoms with Gasteiger partial charge in [0.2, 0.25) is 5.91 Å². The van der Waals surface area contributed by atoms with Gasteiger partial charge in [0.15, 0.2) is 11.5 Å². The highest BCUT2D eigenvalue weighted by atomic mass is 35.5. The van der Waals surface area contributed by atoms with Crippen molar-refractivity contribution in [2.24, 2.45) is 11.3 Å². The van der Waals surface area contributed by atoms with E-state index in [1.54, 1.807) is 7.11 Å². The number of carbonyl (C=O) groups excluding carboxylic acids is 2. The Balaban J connectivity index is 1.30. The minimum atomic E-state index is -0.506. The number of anilines is 2. The van der Waals surface area contributed by atoms with Crippen LogP contribution < -0.4 is 19.3 Å². The predicted octanol–water partition coefficient (Wildman–Crippen LogP) is 9.31. The first-order valence-electron chi connectivity index (χ1n) is 17.8. The van der Waals surface area contributed by atoms with E-state index in [9.17, 15) is 9.59 Å².